The molecule has 0 bridgehead atoms. The zero-order chi connectivity index (χ0) is 47.4. The van der Waals surface area contributed by atoms with Gasteiger partial charge in [-0.05, 0) is 80.5 Å². The summed E-state index contributed by atoms with van der Waals surface area (Å²) in [5, 5.41) is 17.0. The highest BCUT2D eigenvalue weighted by Crippen LogP contribution is 2.54. The van der Waals surface area contributed by atoms with Crippen LogP contribution >= 0.6 is 11.6 Å². The Kier molecular flexibility index (Phi) is 15.9. The Labute approximate surface area is 381 Å². The van der Waals surface area contributed by atoms with Gasteiger partial charge in [-0.25, -0.2) is 4.39 Å². The van der Waals surface area contributed by atoms with Crippen molar-refractivity contribution in [1.82, 2.24) is 40.8 Å². The number of alkyl halides is 4. The van der Waals surface area contributed by atoms with Crippen molar-refractivity contribution >= 4 is 47.0 Å². The number of carbonyl (C=O) groups is 6. The maximum Gasteiger partial charge on any atom is 0.403 e. The molecule has 3 heterocycles. The van der Waals surface area contributed by atoms with E-state index in [0.29, 0.717) is 65.6 Å². The van der Waals surface area contributed by atoms with E-state index < -0.39 is 109 Å². The second-order valence-corrected chi connectivity index (χ2v) is 19.1. The number of likely N-dealkylation sites (N-methyl/N-ethyl adjacent to an activating group) is 2. The molecule has 3 N–H and O–H groups in total. The first-order valence-electron chi connectivity index (χ1n) is 22.7. The number of aromatic nitrogens is 2. The van der Waals surface area contributed by atoms with Gasteiger partial charge in [0, 0.05) is 51.0 Å². The third-order valence-corrected chi connectivity index (χ3v) is 13.6. The molecule has 1 aromatic carbocycles. The van der Waals surface area contributed by atoms with Crippen molar-refractivity contribution in [2.45, 2.75) is 153 Å². The smallest absolute Gasteiger partial charge is 0.403 e. The summed E-state index contributed by atoms with van der Waals surface area (Å²) in [5.41, 5.74) is -1.58. The number of likely N-dealkylation sites (tertiary alicyclic amines) is 1. The number of hydrogen-bond donors (Lipinski definition) is 3. The van der Waals surface area contributed by atoms with E-state index in [9.17, 15) is 46.3 Å². The fourth-order valence-electron chi connectivity index (χ4n) is 9.26. The second kappa shape index (κ2) is 20.8. The third kappa shape index (κ3) is 11.4. The summed E-state index contributed by atoms with van der Waals surface area (Å²) in [6, 6.07) is -1.06. The lowest BCUT2D eigenvalue weighted by Gasteiger charge is -2.44. The molecule has 6 rings (SSSR count). The summed E-state index contributed by atoms with van der Waals surface area (Å²) in [4.78, 5) is 88.1. The standard InChI is InChI=1S/C45H61ClF4N8O7/c1-25(2)20-32-41(62)57(5)34(22-28-21-29(46)15-16-31(28)40-55-54-26(3)65-40)37(59)51-19-10-8-6-7-9-12-33(38(60)52-32)56(4)42(63)36(27-13-14-27)53-39(61)35-23-30(47)24-58(35)43(64)44(17-11-18-44)45(48,49)50/h15-16,21,25,27,30,32-36H,6-14,17-20,22-24H2,1-5H3,(H,51,59)(H,52,60)(H,53,61)/t30-,32+,33+,34+,35+,36+/m1/s1. The van der Waals surface area contributed by atoms with Crippen LogP contribution in [0.25, 0.3) is 11.5 Å². The van der Waals surface area contributed by atoms with Gasteiger partial charge in [-0.2, -0.15) is 13.2 Å². The molecular weight excluding hydrogens is 876 g/mol. The molecule has 358 valence electrons. The Bertz CT molecular complexity index is 2080. The molecule has 2 aromatic rings. The summed E-state index contributed by atoms with van der Waals surface area (Å²) < 4.78 is 63.1. The summed E-state index contributed by atoms with van der Waals surface area (Å²) in [5.74, 6) is -4.43. The monoisotopic (exact) mass is 936 g/mol. The minimum atomic E-state index is -4.88. The molecule has 2 aliphatic heterocycles. The molecule has 6 atom stereocenters. The van der Waals surface area contributed by atoms with E-state index >= 15 is 0 Å². The molecule has 65 heavy (non-hydrogen) atoms. The van der Waals surface area contributed by atoms with E-state index in [2.05, 4.69) is 26.1 Å². The van der Waals surface area contributed by atoms with E-state index in [1.807, 2.05) is 13.8 Å². The number of benzene rings is 1. The number of nitrogens with one attached hydrogen (secondary N) is 3. The summed E-state index contributed by atoms with van der Waals surface area (Å²) in [7, 11) is 2.92. The maximum absolute atomic E-state index is 14.9. The number of carbonyl (C=O) groups excluding carboxylic acids is 6. The van der Waals surface area contributed by atoms with Gasteiger partial charge in [0.25, 0.3) is 0 Å². The number of hydrogen-bond acceptors (Lipinski definition) is 9. The van der Waals surface area contributed by atoms with Crippen molar-refractivity contribution in [2.75, 3.05) is 27.2 Å². The Hall–Kier alpha value is -4.81. The topological polar surface area (TPSA) is 187 Å². The van der Waals surface area contributed by atoms with E-state index in [1.54, 1.807) is 25.1 Å². The SMILES string of the molecule is Cc1nnc(-c2ccc(Cl)cc2C[C@H]2C(=O)NCCCCCCC[C@H](N(C)C(=O)[C@@H](NC(=O)[C@@H]3C[C@@H](F)CN3C(=O)C3(C(F)(F)F)CCC3)C3CC3)C(=O)N[C@@H](CC(C)C)C(=O)N2C)o1. The number of amides is 6. The van der Waals surface area contributed by atoms with Crippen LogP contribution in [0.5, 0.6) is 0 Å². The summed E-state index contributed by atoms with van der Waals surface area (Å²) >= 11 is 6.44. The number of aryl methyl sites for hydroxylation is 1. The lowest BCUT2D eigenvalue weighted by Crippen LogP contribution is -2.61. The molecule has 2 saturated carbocycles. The molecule has 0 unspecified atom stereocenters. The zero-order valence-corrected chi connectivity index (χ0v) is 38.4. The Balaban J connectivity index is 1.23. The third-order valence-electron chi connectivity index (χ3n) is 13.4. The zero-order valence-electron chi connectivity index (χ0n) is 37.6. The van der Waals surface area contributed by atoms with Gasteiger partial charge in [-0.3, -0.25) is 28.8 Å². The van der Waals surface area contributed by atoms with E-state index in [1.165, 1.54) is 23.9 Å². The van der Waals surface area contributed by atoms with Gasteiger partial charge in [-0.15, -0.1) is 10.2 Å². The Morgan fingerprint density at radius 2 is 1.71 bits per heavy atom. The number of nitrogens with zero attached hydrogens (tertiary/aromatic N) is 5. The molecule has 1 aromatic heterocycles. The number of rotatable bonds is 11. The highest BCUT2D eigenvalue weighted by molar-refractivity contribution is 6.30. The van der Waals surface area contributed by atoms with Crippen LogP contribution in [0.4, 0.5) is 17.6 Å². The predicted octanol–water partition coefficient (Wildman–Crippen LogP) is 5.46. The second-order valence-electron chi connectivity index (χ2n) is 18.7. The molecule has 0 spiro atoms. The normalized spacial score (nSPS) is 25.4. The molecule has 4 aliphatic rings. The predicted molar refractivity (Wildman–Crippen MR) is 230 cm³/mol. The fraction of sp³-hybridized carbons (Fsp3) is 0.689. The van der Waals surface area contributed by atoms with Crippen molar-refractivity contribution in [3.63, 3.8) is 0 Å². The van der Waals surface area contributed by atoms with Crippen LogP contribution in [0, 0.1) is 24.2 Å². The first-order valence-corrected chi connectivity index (χ1v) is 23.1. The van der Waals surface area contributed by atoms with Crippen molar-refractivity contribution < 1.29 is 50.7 Å². The first kappa shape index (κ1) is 49.6. The van der Waals surface area contributed by atoms with Gasteiger partial charge in [0.1, 0.15) is 41.8 Å². The molecule has 0 radical (unpaired) electrons. The minimum absolute atomic E-state index is 0.00381. The first-order chi connectivity index (χ1) is 30.7. The number of halogens is 5. The van der Waals surface area contributed by atoms with Crippen LogP contribution in [0.15, 0.2) is 22.6 Å². The van der Waals surface area contributed by atoms with Crippen molar-refractivity contribution in [2.24, 2.45) is 17.3 Å². The highest BCUT2D eigenvalue weighted by Gasteiger charge is 2.66. The van der Waals surface area contributed by atoms with Gasteiger partial charge >= 0.3 is 6.18 Å². The van der Waals surface area contributed by atoms with E-state index in [0.717, 1.165) is 12.8 Å². The molecule has 2 saturated heterocycles. The summed E-state index contributed by atoms with van der Waals surface area (Å²) in [6.45, 7) is 5.08. The Morgan fingerprint density at radius 1 is 1.02 bits per heavy atom. The quantitative estimate of drug-likeness (QED) is 0.246. The van der Waals surface area contributed by atoms with Gasteiger partial charge in [-0.1, -0.05) is 57.6 Å². The fourth-order valence-corrected chi connectivity index (χ4v) is 9.45. The van der Waals surface area contributed by atoms with Crippen LogP contribution in [-0.4, -0.2) is 130 Å². The van der Waals surface area contributed by atoms with Gasteiger partial charge in [0.2, 0.25) is 47.2 Å². The van der Waals surface area contributed by atoms with Crippen LogP contribution in [-0.2, 0) is 35.2 Å². The van der Waals surface area contributed by atoms with Crippen LogP contribution in [0.1, 0.15) is 109 Å². The lowest BCUT2D eigenvalue weighted by atomic mass is 9.67. The largest absolute Gasteiger partial charge is 0.421 e. The molecule has 4 fully saturated rings. The van der Waals surface area contributed by atoms with Gasteiger partial charge in [0.05, 0.1) is 6.54 Å². The molecule has 2 aliphatic carbocycles. The van der Waals surface area contributed by atoms with Crippen LogP contribution in [0.3, 0.4) is 0 Å². The van der Waals surface area contributed by atoms with Gasteiger partial charge < -0.3 is 35.1 Å². The summed E-state index contributed by atoms with van der Waals surface area (Å²) in [6.07, 6.45) is -3.03. The van der Waals surface area contributed by atoms with Crippen molar-refractivity contribution in [3.8, 4) is 11.5 Å². The lowest BCUT2D eigenvalue weighted by molar-refractivity contribution is -0.248. The molecule has 20 heteroatoms. The average Bonchev–Trinajstić information content (AvgIpc) is 3.85. The maximum atomic E-state index is 14.9. The van der Waals surface area contributed by atoms with Crippen molar-refractivity contribution in [1.29, 1.82) is 0 Å². The molecule has 6 amide bonds. The van der Waals surface area contributed by atoms with Crippen LogP contribution in [0.2, 0.25) is 5.02 Å². The Morgan fingerprint density at radius 3 is 2.32 bits per heavy atom. The highest BCUT2D eigenvalue weighted by atomic mass is 35.5. The van der Waals surface area contributed by atoms with Gasteiger partial charge in [0.15, 0.2) is 0 Å². The molecular formula is C45H61ClF4N8O7. The van der Waals surface area contributed by atoms with Crippen molar-refractivity contribution in [3.05, 3.63) is 34.7 Å². The van der Waals surface area contributed by atoms with Crippen LogP contribution < -0.4 is 16.0 Å². The van der Waals surface area contributed by atoms with E-state index in [-0.39, 0.29) is 43.4 Å². The van der Waals surface area contributed by atoms with E-state index in [4.69, 9.17) is 16.0 Å². The average molecular weight is 937 g/mol. The minimum Gasteiger partial charge on any atom is -0.421 e. The molecule has 15 nitrogen and oxygen atoms in total.